The molecule has 0 atom stereocenters. The van der Waals surface area contributed by atoms with Crippen LogP contribution >= 0.6 is 0 Å². The van der Waals surface area contributed by atoms with Crippen LogP contribution in [0, 0.1) is 12.3 Å². The van der Waals surface area contributed by atoms with Gasteiger partial charge in [-0.15, -0.1) is 0 Å². The van der Waals surface area contributed by atoms with E-state index in [4.69, 9.17) is 0 Å². The Balaban J connectivity index is 1.70. The van der Waals surface area contributed by atoms with E-state index in [1.807, 2.05) is 12.1 Å². The Morgan fingerprint density at radius 1 is 1.05 bits per heavy atom. The number of nitrogens with zero attached hydrogens (tertiary/aromatic N) is 1. The number of carbonyl (C=O) groups is 1. The molecule has 1 saturated carbocycles. The van der Waals surface area contributed by atoms with Crippen LogP contribution in [0.3, 0.4) is 0 Å². The predicted octanol–water partition coefficient (Wildman–Crippen LogP) is 4.36. The van der Waals surface area contributed by atoms with Gasteiger partial charge in [-0.3, -0.25) is 4.79 Å². The lowest BCUT2D eigenvalue weighted by Gasteiger charge is -2.45. The number of aryl methyl sites for hydroxylation is 1. The fourth-order valence-corrected chi connectivity index (χ4v) is 4.13. The maximum absolute atomic E-state index is 10.8. The smallest absolute Gasteiger partial charge is 0.150 e. The summed E-state index contributed by atoms with van der Waals surface area (Å²) >= 11 is 0. The van der Waals surface area contributed by atoms with Gasteiger partial charge in [-0.1, -0.05) is 19.3 Å². The summed E-state index contributed by atoms with van der Waals surface area (Å²) in [6.07, 6.45) is 10.8. The summed E-state index contributed by atoms with van der Waals surface area (Å²) < 4.78 is 0. The molecular weight excluding hydrogens is 246 g/mol. The Morgan fingerprint density at radius 2 is 1.75 bits per heavy atom. The second kappa shape index (κ2) is 5.59. The topological polar surface area (TPSA) is 20.3 Å². The van der Waals surface area contributed by atoms with Crippen molar-refractivity contribution in [2.45, 2.75) is 51.9 Å². The summed E-state index contributed by atoms with van der Waals surface area (Å²) in [5, 5.41) is 0. The maximum atomic E-state index is 10.8. The Morgan fingerprint density at radius 3 is 2.35 bits per heavy atom. The van der Waals surface area contributed by atoms with Crippen molar-refractivity contribution in [3.63, 3.8) is 0 Å². The summed E-state index contributed by atoms with van der Waals surface area (Å²) in [7, 11) is 0. The molecule has 3 rings (SSSR count). The van der Waals surface area contributed by atoms with Crippen LogP contribution in [0.15, 0.2) is 18.2 Å². The molecule has 0 aromatic heterocycles. The minimum atomic E-state index is 0.658. The van der Waals surface area contributed by atoms with Crippen LogP contribution in [-0.4, -0.2) is 19.4 Å². The Hall–Kier alpha value is -1.31. The van der Waals surface area contributed by atoms with Gasteiger partial charge in [-0.05, 0) is 61.8 Å². The molecule has 0 unspecified atom stereocenters. The van der Waals surface area contributed by atoms with Crippen molar-refractivity contribution >= 4 is 12.0 Å². The van der Waals surface area contributed by atoms with Crippen LogP contribution in [0.1, 0.15) is 60.9 Å². The molecule has 20 heavy (non-hydrogen) atoms. The van der Waals surface area contributed by atoms with Gasteiger partial charge in [0.25, 0.3) is 0 Å². The Bertz CT molecular complexity index is 478. The third-order valence-electron chi connectivity index (χ3n) is 5.44. The summed E-state index contributed by atoms with van der Waals surface area (Å²) in [6.45, 7) is 4.48. The zero-order valence-corrected chi connectivity index (χ0v) is 12.5. The fraction of sp³-hybridized carbons (Fsp3) is 0.611. The number of piperidine rings is 1. The highest BCUT2D eigenvalue weighted by Gasteiger charge is 2.35. The van der Waals surface area contributed by atoms with E-state index in [1.54, 1.807) is 0 Å². The molecule has 1 aromatic carbocycles. The van der Waals surface area contributed by atoms with Crippen LogP contribution in [0.4, 0.5) is 5.69 Å². The van der Waals surface area contributed by atoms with Gasteiger partial charge >= 0.3 is 0 Å². The first-order valence-electron chi connectivity index (χ1n) is 8.03. The number of hydrogen-bond acceptors (Lipinski definition) is 2. The predicted molar refractivity (Wildman–Crippen MR) is 83.5 cm³/mol. The molecule has 0 radical (unpaired) electrons. The van der Waals surface area contributed by atoms with E-state index >= 15 is 0 Å². The van der Waals surface area contributed by atoms with Gasteiger partial charge in [-0.25, -0.2) is 0 Å². The second-order valence-electron chi connectivity index (χ2n) is 6.71. The van der Waals surface area contributed by atoms with Crippen molar-refractivity contribution in [2.75, 3.05) is 18.0 Å². The van der Waals surface area contributed by atoms with Gasteiger partial charge in [0.1, 0.15) is 6.29 Å². The molecule has 1 aromatic rings. The summed E-state index contributed by atoms with van der Waals surface area (Å²) in [4.78, 5) is 13.4. The lowest BCUT2D eigenvalue weighted by Crippen LogP contribution is -2.41. The van der Waals surface area contributed by atoms with E-state index < -0.39 is 0 Å². The number of rotatable bonds is 2. The fourth-order valence-electron chi connectivity index (χ4n) is 4.13. The van der Waals surface area contributed by atoms with E-state index in [0.717, 1.165) is 11.8 Å². The zero-order valence-electron chi connectivity index (χ0n) is 12.5. The van der Waals surface area contributed by atoms with E-state index in [0.29, 0.717) is 5.41 Å². The average Bonchev–Trinajstić information content (AvgIpc) is 2.49. The number of hydrogen-bond donors (Lipinski definition) is 0. The molecular formula is C18H25NO. The Kier molecular flexibility index (Phi) is 3.82. The highest BCUT2D eigenvalue weighted by atomic mass is 16.1. The van der Waals surface area contributed by atoms with Gasteiger partial charge in [0.2, 0.25) is 0 Å². The lowest BCUT2D eigenvalue weighted by atomic mass is 9.68. The standard InChI is InChI=1S/C18H25NO/c1-15-13-16(14-20)5-6-17(15)19-11-9-18(10-12-19)7-3-2-4-8-18/h5-6,13-14H,2-4,7-12H2,1H3. The van der Waals surface area contributed by atoms with Crippen LogP contribution < -0.4 is 4.90 Å². The molecule has 2 fully saturated rings. The molecule has 0 amide bonds. The first-order valence-corrected chi connectivity index (χ1v) is 8.03. The molecule has 108 valence electrons. The van der Waals surface area contributed by atoms with Crippen molar-refractivity contribution in [3.05, 3.63) is 29.3 Å². The zero-order chi connectivity index (χ0) is 14.0. The van der Waals surface area contributed by atoms with Crippen molar-refractivity contribution < 1.29 is 4.79 Å². The molecule has 2 nitrogen and oxygen atoms in total. The van der Waals surface area contributed by atoms with E-state index in [1.165, 1.54) is 69.3 Å². The highest BCUT2D eigenvalue weighted by Crippen LogP contribution is 2.45. The molecule has 1 aliphatic heterocycles. The van der Waals surface area contributed by atoms with Crippen molar-refractivity contribution in [3.8, 4) is 0 Å². The Labute approximate surface area is 122 Å². The average molecular weight is 271 g/mol. The summed E-state index contributed by atoms with van der Waals surface area (Å²) in [6, 6.07) is 6.07. The lowest BCUT2D eigenvalue weighted by molar-refractivity contribution is 0.112. The number of carbonyl (C=O) groups excluding carboxylic acids is 1. The second-order valence-corrected chi connectivity index (χ2v) is 6.71. The quantitative estimate of drug-likeness (QED) is 0.745. The first-order chi connectivity index (χ1) is 9.72. The van der Waals surface area contributed by atoms with Crippen molar-refractivity contribution in [1.82, 2.24) is 0 Å². The van der Waals surface area contributed by atoms with Crippen molar-refractivity contribution in [2.24, 2.45) is 5.41 Å². The number of aldehydes is 1. The van der Waals surface area contributed by atoms with Crippen LogP contribution in [0.25, 0.3) is 0 Å². The van der Waals surface area contributed by atoms with Crippen LogP contribution in [-0.2, 0) is 0 Å². The van der Waals surface area contributed by atoms with Gasteiger partial charge in [0.05, 0.1) is 0 Å². The van der Waals surface area contributed by atoms with Gasteiger partial charge < -0.3 is 4.90 Å². The number of anilines is 1. The SMILES string of the molecule is Cc1cc(C=O)ccc1N1CCC2(CCCCC2)CC1. The molecule has 0 N–H and O–H groups in total. The van der Waals surface area contributed by atoms with Crippen LogP contribution in [0.2, 0.25) is 0 Å². The molecule has 2 aliphatic rings. The minimum absolute atomic E-state index is 0.658. The maximum Gasteiger partial charge on any atom is 0.150 e. The molecule has 1 spiro atoms. The highest BCUT2D eigenvalue weighted by molar-refractivity contribution is 5.77. The van der Waals surface area contributed by atoms with Gasteiger partial charge in [-0.2, -0.15) is 0 Å². The van der Waals surface area contributed by atoms with Gasteiger partial charge in [0, 0.05) is 24.3 Å². The summed E-state index contributed by atoms with van der Waals surface area (Å²) in [5.41, 5.74) is 3.99. The van der Waals surface area contributed by atoms with E-state index in [9.17, 15) is 4.79 Å². The third-order valence-corrected chi connectivity index (χ3v) is 5.44. The largest absolute Gasteiger partial charge is 0.371 e. The summed E-state index contributed by atoms with van der Waals surface area (Å²) in [5.74, 6) is 0. The molecule has 1 heterocycles. The molecule has 1 aliphatic carbocycles. The molecule has 1 saturated heterocycles. The minimum Gasteiger partial charge on any atom is -0.371 e. The van der Waals surface area contributed by atoms with E-state index in [-0.39, 0.29) is 0 Å². The van der Waals surface area contributed by atoms with Crippen LogP contribution in [0.5, 0.6) is 0 Å². The monoisotopic (exact) mass is 271 g/mol. The van der Waals surface area contributed by atoms with E-state index in [2.05, 4.69) is 17.9 Å². The first kappa shape index (κ1) is 13.7. The molecule has 0 bridgehead atoms. The van der Waals surface area contributed by atoms with Gasteiger partial charge in [0.15, 0.2) is 0 Å². The normalized spacial score (nSPS) is 21.9. The van der Waals surface area contributed by atoms with Crippen molar-refractivity contribution in [1.29, 1.82) is 0 Å². The molecule has 2 heteroatoms. The third kappa shape index (κ3) is 2.61. The number of benzene rings is 1.